The Kier molecular flexibility index (Phi) is 6.56. The Labute approximate surface area is 198 Å². The van der Waals surface area contributed by atoms with Crippen LogP contribution in [0.15, 0.2) is 46.4 Å². The summed E-state index contributed by atoms with van der Waals surface area (Å²) in [5.74, 6) is -0.195. The number of nitriles is 1. The highest BCUT2D eigenvalue weighted by Crippen LogP contribution is 2.38. The summed E-state index contributed by atoms with van der Waals surface area (Å²) in [6.45, 7) is 0. The predicted molar refractivity (Wildman–Crippen MR) is 127 cm³/mol. The van der Waals surface area contributed by atoms with Crippen molar-refractivity contribution in [1.29, 1.82) is 5.26 Å². The van der Waals surface area contributed by atoms with Gasteiger partial charge in [-0.2, -0.15) is 5.26 Å². The number of aryl methyl sites for hydroxylation is 1. The first-order valence-corrected chi connectivity index (χ1v) is 11.4. The minimum absolute atomic E-state index is 0.0368. The molecule has 2 amide bonds. The quantitative estimate of drug-likeness (QED) is 0.229. The lowest BCUT2D eigenvalue weighted by molar-refractivity contribution is -0.384. The summed E-state index contributed by atoms with van der Waals surface area (Å²) in [7, 11) is 1.54. The zero-order chi connectivity index (χ0) is 24.2. The number of nitrogens with zero attached hydrogens (tertiary/aromatic N) is 2. The van der Waals surface area contributed by atoms with Gasteiger partial charge in [0.2, 0.25) is 0 Å². The molecular formula is C24H20N4O5S. The van der Waals surface area contributed by atoms with Crippen LogP contribution in [-0.2, 0) is 17.6 Å². The number of furan rings is 1. The number of nitro groups is 1. The lowest BCUT2D eigenvalue weighted by Gasteiger charge is -2.12. The summed E-state index contributed by atoms with van der Waals surface area (Å²) in [6, 6.07) is 11.0. The molecule has 0 atom stereocenters. The largest absolute Gasteiger partial charge is 0.457 e. The van der Waals surface area contributed by atoms with E-state index in [9.17, 15) is 25.0 Å². The maximum Gasteiger partial charge on any atom is 0.269 e. The summed E-state index contributed by atoms with van der Waals surface area (Å²) >= 11 is 1.37. The van der Waals surface area contributed by atoms with E-state index < -0.39 is 10.8 Å². The average molecular weight is 477 g/mol. The second-order valence-corrected chi connectivity index (χ2v) is 8.73. The fraction of sp³-hybridized carbons (Fsp3) is 0.208. The molecule has 0 fully saturated rings. The van der Waals surface area contributed by atoms with Crippen molar-refractivity contribution in [3.63, 3.8) is 0 Å². The van der Waals surface area contributed by atoms with Crippen molar-refractivity contribution in [3.8, 4) is 17.4 Å². The third kappa shape index (κ3) is 4.60. The van der Waals surface area contributed by atoms with E-state index in [-0.39, 0.29) is 22.9 Å². The smallest absolute Gasteiger partial charge is 0.269 e. The molecule has 1 aliphatic carbocycles. The third-order valence-electron chi connectivity index (χ3n) is 5.49. The monoisotopic (exact) mass is 476 g/mol. The minimum atomic E-state index is -0.639. The second-order valence-electron chi connectivity index (χ2n) is 7.62. The van der Waals surface area contributed by atoms with Crippen molar-refractivity contribution in [2.24, 2.45) is 0 Å². The predicted octanol–water partition coefficient (Wildman–Crippen LogP) is 4.70. The van der Waals surface area contributed by atoms with E-state index in [0.717, 1.165) is 36.1 Å². The molecule has 0 saturated heterocycles. The molecule has 1 aliphatic rings. The number of nitro benzene ring substituents is 1. The molecule has 0 bridgehead atoms. The van der Waals surface area contributed by atoms with Crippen molar-refractivity contribution in [2.75, 3.05) is 12.4 Å². The molecule has 2 aromatic heterocycles. The number of thiophene rings is 1. The van der Waals surface area contributed by atoms with Crippen LogP contribution in [0.4, 0.5) is 10.7 Å². The van der Waals surface area contributed by atoms with Gasteiger partial charge in [-0.3, -0.25) is 19.7 Å². The van der Waals surface area contributed by atoms with Gasteiger partial charge in [0, 0.05) is 35.7 Å². The van der Waals surface area contributed by atoms with Gasteiger partial charge in [0.25, 0.3) is 17.5 Å². The van der Waals surface area contributed by atoms with Crippen LogP contribution in [0.5, 0.6) is 0 Å². The Morgan fingerprint density at radius 2 is 1.91 bits per heavy atom. The van der Waals surface area contributed by atoms with Crippen LogP contribution in [0.2, 0.25) is 0 Å². The number of carbonyl (C=O) groups excluding carboxylic acids is 2. The highest BCUT2D eigenvalue weighted by molar-refractivity contribution is 7.17. The fourth-order valence-corrected chi connectivity index (χ4v) is 5.10. The summed E-state index contributed by atoms with van der Waals surface area (Å²) < 4.78 is 5.71. The number of rotatable bonds is 6. The number of carbonyl (C=O) groups is 2. The molecule has 2 heterocycles. The molecule has 2 N–H and O–H groups in total. The number of benzene rings is 1. The van der Waals surface area contributed by atoms with Gasteiger partial charge in [-0.05, 0) is 55.5 Å². The van der Waals surface area contributed by atoms with Crippen LogP contribution in [0, 0.1) is 21.4 Å². The van der Waals surface area contributed by atoms with Gasteiger partial charge in [-0.1, -0.05) is 0 Å². The van der Waals surface area contributed by atoms with Gasteiger partial charge >= 0.3 is 0 Å². The summed E-state index contributed by atoms with van der Waals surface area (Å²) in [5.41, 5.74) is 1.83. The first-order valence-electron chi connectivity index (χ1n) is 10.6. The lowest BCUT2D eigenvalue weighted by atomic mass is 9.95. The van der Waals surface area contributed by atoms with Gasteiger partial charge in [-0.15, -0.1) is 11.3 Å². The Hall–Kier alpha value is -4.23. The molecule has 0 radical (unpaired) electrons. The third-order valence-corrected chi connectivity index (χ3v) is 6.70. The van der Waals surface area contributed by atoms with Crippen molar-refractivity contribution < 1.29 is 18.9 Å². The Bertz CT molecular complexity index is 1340. The standard InChI is InChI=1S/C24H20N4O5S/c1-26-23(30)21-18-4-2-3-5-20(18)34-24(21)27-22(29)15(13-25)12-17-10-11-19(33-17)14-6-8-16(9-7-14)28(31)32/h6-12H,2-5H2,1H3,(H,26,30)(H,27,29). The zero-order valence-corrected chi connectivity index (χ0v) is 19.0. The van der Waals surface area contributed by atoms with E-state index in [2.05, 4.69) is 10.6 Å². The SMILES string of the molecule is CNC(=O)c1c(NC(=O)C(C#N)=Cc2ccc(-c3ccc([N+](=O)[O-])cc3)o2)sc2c1CCCC2. The van der Waals surface area contributed by atoms with Gasteiger partial charge < -0.3 is 15.1 Å². The zero-order valence-electron chi connectivity index (χ0n) is 18.2. The summed E-state index contributed by atoms with van der Waals surface area (Å²) in [4.78, 5) is 36.8. The van der Waals surface area contributed by atoms with Crippen LogP contribution in [0.1, 0.15) is 39.4 Å². The molecule has 1 aromatic carbocycles. The highest BCUT2D eigenvalue weighted by atomic mass is 32.1. The lowest BCUT2D eigenvalue weighted by Crippen LogP contribution is -2.22. The molecule has 0 unspecified atom stereocenters. The number of hydrogen-bond acceptors (Lipinski definition) is 7. The van der Waals surface area contributed by atoms with Crippen LogP contribution >= 0.6 is 11.3 Å². The molecule has 0 saturated carbocycles. The number of non-ortho nitro benzene ring substituents is 1. The van der Waals surface area contributed by atoms with E-state index in [4.69, 9.17) is 4.42 Å². The van der Waals surface area contributed by atoms with Crippen molar-refractivity contribution in [1.82, 2.24) is 5.32 Å². The summed E-state index contributed by atoms with van der Waals surface area (Å²) in [5, 5.41) is 26.2. The highest BCUT2D eigenvalue weighted by Gasteiger charge is 2.26. The Balaban J connectivity index is 1.57. The topological polar surface area (TPSA) is 138 Å². The number of nitrogens with one attached hydrogen (secondary N) is 2. The van der Waals surface area contributed by atoms with Gasteiger partial charge in [0.15, 0.2) is 0 Å². The van der Waals surface area contributed by atoms with E-state index in [1.807, 2.05) is 6.07 Å². The van der Waals surface area contributed by atoms with Crippen molar-refractivity contribution >= 4 is 39.9 Å². The van der Waals surface area contributed by atoms with E-state index in [1.165, 1.54) is 29.5 Å². The number of anilines is 1. The fourth-order valence-electron chi connectivity index (χ4n) is 3.81. The van der Waals surface area contributed by atoms with E-state index in [0.29, 0.717) is 21.9 Å². The van der Waals surface area contributed by atoms with Crippen molar-refractivity contribution in [2.45, 2.75) is 25.7 Å². The van der Waals surface area contributed by atoms with Gasteiger partial charge in [-0.25, -0.2) is 0 Å². The minimum Gasteiger partial charge on any atom is -0.457 e. The molecule has 9 nitrogen and oxygen atoms in total. The first-order chi connectivity index (χ1) is 16.4. The van der Waals surface area contributed by atoms with Crippen LogP contribution in [-0.4, -0.2) is 23.8 Å². The molecule has 34 heavy (non-hydrogen) atoms. The molecular weight excluding hydrogens is 456 g/mol. The van der Waals surface area contributed by atoms with E-state index >= 15 is 0 Å². The molecule has 10 heteroatoms. The van der Waals surface area contributed by atoms with Crippen molar-refractivity contribution in [3.05, 3.63) is 73.8 Å². The van der Waals surface area contributed by atoms with Crippen LogP contribution in [0.25, 0.3) is 17.4 Å². The van der Waals surface area contributed by atoms with E-state index in [1.54, 1.807) is 31.3 Å². The normalized spacial score (nSPS) is 13.0. The Morgan fingerprint density at radius 1 is 1.18 bits per heavy atom. The molecule has 3 aromatic rings. The molecule has 4 rings (SSSR count). The number of fused-ring (bicyclic) bond motifs is 1. The second kappa shape index (κ2) is 9.72. The maximum atomic E-state index is 12.9. The molecule has 172 valence electrons. The number of hydrogen-bond donors (Lipinski definition) is 2. The van der Waals surface area contributed by atoms with Gasteiger partial charge in [0.1, 0.15) is 28.2 Å². The first kappa shape index (κ1) is 22.9. The van der Waals surface area contributed by atoms with Crippen LogP contribution in [0.3, 0.4) is 0 Å². The Morgan fingerprint density at radius 3 is 2.59 bits per heavy atom. The molecule has 0 spiro atoms. The van der Waals surface area contributed by atoms with Gasteiger partial charge in [0.05, 0.1) is 10.5 Å². The maximum absolute atomic E-state index is 12.9. The summed E-state index contributed by atoms with van der Waals surface area (Å²) in [6.07, 6.45) is 4.98. The number of amides is 2. The molecule has 0 aliphatic heterocycles. The average Bonchev–Trinajstić information content (AvgIpc) is 3.46. The van der Waals surface area contributed by atoms with Crippen LogP contribution < -0.4 is 10.6 Å².